The van der Waals surface area contributed by atoms with Gasteiger partial charge in [-0.2, -0.15) is 5.10 Å². The zero-order chi connectivity index (χ0) is 13.1. The molecule has 0 spiro atoms. The molecule has 1 aromatic rings. The minimum atomic E-state index is 0.351. The molecule has 0 aromatic carbocycles. The van der Waals surface area contributed by atoms with Crippen molar-refractivity contribution in [2.45, 2.75) is 38.0 Å². The van der Waals surface area contributed by atoms with E-state index < -0.39 is 0 Å². The summed E-state index contributed by atoms with van der Waals surface area (Å²) in [5.41, 5.74) is 7.16. The third kappa shape index (κ3) is 2.58. The number of nitrogens with two attached hydrogens (primary N) is 1. The first kappa shape index (κ1) is 13.5. The van der Waals surface area contributed by atoms with Crippen LogP contribution < -0.4 is 5.73 Å². The topological polar surface area (TPSA) is 56.3 Å². The Kier molecular flexibility index (Phi) is 4.37. The Morgan fingerprint density at radius 3 is 2.94 bits per heavy atom. The van der Waals surface area contributed by atoms with Gasteiger partial charge in [0, 0.05) is 45.5 Å². The quantitative estimate of drug-likeness (QED) is 0.865. The summed E-state index contributed by atoms with van der Waals surface area (Å²) in [5.74, 6) is 0. The highest BCUT2D eigenvalue weighted by Crippen LogP contribution is 2.28. The van der Waals surface area contributed by atoms with Crippen LogP contribution in [0.15, 0.2) is 12.3 Å². The minimum Gasteiger partial charge on any atom is -0.381 e. The zero-order valence-electron chi connectivity index (χ0n) is 11.5. The van der Waals surface area contributed by atoms with E-state index in [0.717, 1.165) is 19.4 Å². The molecule has 1 aliphatic heterocycles. The van der Waals surface area contributed by atoms with Crippen LogP contribution in [0.1, 0.15) is 31.5 Å². The lowest BCUT2D eigenvalue weighted by atomic mass is 9.96. The van der Waals surface area contributed by atoms with Crippen LogP contribution in [0, 0.1) is 0 Å². The maximum absolute atomic E-state index is 5.92. The molecule has 3 unspecified atom stereocenters. The average molecular weight is 252 g/mol. The molecule has 2 rings (SSSR count). The van der Waals surface area contributed by atoms with Crippen LogP contribution in [0.3, 0.4) is 0 Å². The molecule has 3 atom stereocenters. The highest BCUT2D eigenvalue weighted by molar-refractivity contribution is 5.07. The fourth-order valence-electron chi connectivity index (χ4n) is 2.95. The molecule has 18 heavy (non-hydrogen) atoms. The van der Waals surface area contributed by atoms with Gasteiger partial charge in [-0.15, -0.1) is 0 Å². The van der Waals surface area contributed by atoms with Gasteiger partial charge in [0.15, 0.2) is 0 Å². The number of likely N-dealkylation sites (tertiary alicyclic amines) is 1. The average Bonchev–Trinajstić information content (AvgIpc) is 2.83. The third-order valence-corrected chi connectivity index (χ3v) is 4.10. The van der Waals surface area contributed by atoms with E-state index in [1.165, 1.54) is 5.69 Å². The molecule has 1 saturated heterocycles. The van der Waals surface area contributed by atoms with E-state index in [0.29, 0.717) is 24.7 Å². The Bertz CT molecular complexity index is 379. The van der Waals surface area contributed by atoms with Crippen LogP contribution in [0.2, 0.25) is 0 Å². The van der Waals surface area contributed by atoms with Crippen molar-refractivity contribution in [2.24, 2.45) is 12.8 Å². The molecule has 0 amide bonds. The van der Waals surface area contributed by atoms with E-state index in [-0.39, 0.29) is 0 Å². The summed E-state index contributed by atoms with van der Waals surface area (Å²) in [6, 6.07) is 2.83. The molecule has 0 bridgehead atoms. The van der Waals surface area contributed by atoms with Crippen LogP contribution in [-0.2, 0) is 11.8 Å². The minimum absolute atomic E-state index is 0.351. The van der Waals surface area contributed by atoms with Crippen molar-refractivity contribution in [1.82, 2.24) is 14.7 Å². The number of nitrogens with zero attached hydrogens (tertiary/aromatic N) is 3. The third-order valence-electron chi connectivity index (χ3n) is 4.10. The van der Waals surface area contributed by atoms with Gasteiger partial charge in [-0.1, -0.05) is 0 Å². The van der Waals surface area contributed by atoms with Gasteiger partial charge in [0.1, 0.15) is 0 Å². The highest BCUT2D eigenvalue weighted by atomic mass is 16.5. The summed E-state index contributed by atoms with van der Waals surface area (Å²) >= 11 is 0. The molecule has 0 saturated carbocycles. The number of aryl methyl sites for hydroxylation is 1. The fraction of sp³-hybridized carbons (Fsp3) is 0.769. The van der Waals surface area contributed by atoms with Gasteiger partial charge >= 0.3 is 0 Å². The lowest BCUT2D eigenvalue weighted by molar-refractivity contribution is -0.00286. The molecule has 102 valence electrons. The van der Waals surface area contributed by atoms with Gasteiger partial charge in [0.2, 0.25) is 0 Å². The summed E-state index contributed by atoms with van der Waals surface area (Å²) in [6.07, 6.45) is 4.31. The van der Waals surface area contributed by atoms with E-state index in [4.69, 9.17) is 10.5 Å². The number of aromatic nitrogens is 2. The summed E-state index contributed by atoms with van der Waals surface area (Å²) in [5, 5.41) is 4.25. The number of rotatable bonds is 4. The largest absolute Gasteiger partial charge is 0.381 e. The molecule has 5 nitrogen and oxygen atoms in total. The number of hydrogen-bond donors (Lipinski definition) is 1. The number of ether oxygens (including phenoxy) is 1. The van der Waals surface area contributed by atoms with Crippen molar-refractivity contribution >= 4 is 0 Å². The van der Waals surface area contributed by atoms with Crippen molar-refractivity contribution < 1.29 is 4.74 Å². The van der Waals surface area contributed by atoms with Crippen molar-refractivity contribution in [3.8, 4) is 0 Å². The van der Waals surface area contributed by atoms with Crippen molar-refractivity contribution in [1.29, 1.82) is 0 Å². The predicted molar refractivity (Wildman–Crippen MR) is 71.2 cm³/mol. The molecule has 5 heteroatoms. The van der Waals surface area contributed by atoms with Gasteiger partial charge in [-0.25, -0.2) is 0 Å². The van der Waals surface area contributed by atoms with Crippen molar-refractivity contribution in [3.05, 3.63) is 18.0 Å². The first-order valence-electron chi connectivity index (χ1n) is 6.63. The van der Waals surface area contributed by atoms with Crippen LogP contribution >= 0.6 is 0 Å². The zero-order valence-corrected chi connectivity index (χ0v) is 11.5. The molecular formula is C13H24N4O. The predicted octanol–water partition coefficient (Wildman–Crippen LogP) is 0.919. The lowest BCUT2D eigenvalue weighted by Gasteiger charge is -2.41. The molecule has 1 aromatic heterocycles. The maximum Gasteiger partial charge on any atom is 0.0599 e. The molecule has 0 aliphatic carbocycles. The monoisotopic (exact) mass is 252 g/mol. The summed E-state index contributed by atoms with van der Waals surface area (Å²) in [7, 11) is 3.78. The van der Waals surface area contributed by atoms with E-state index in [1.807, 2.05) is 17.9 Å². The molecule has 1 aliphatic rings. The van der Waals surface area contributed by atoms with E-state index in [2.05, 4.69) is 23.0 Å². The van der Waals surface area contributed by atoms with E-state index >= 15 is 0 Å². The fourth-order valence-corrected chi connectivity index (χ4v) is 2.95. The van der Waals surface area contributed by atoms with Gasteiger partial charge in [-0.05, 0) is 25.8 Å². The van der Waals surface area contributed by atoms with Gasteiger partial charge < -0.3 is 10.5 Å². The summed E-state index contributed by atoms with van der Waals surface area (Å²) in [4.78, 5) is 2.48. The second kappa shape index (κ2) is 5.82. The molecule has 0 radical (unpaired) electrons. The molecule has 1 fully saturated rings. The van der Waals surface area contributed by atoms with Crippen LogP contribution in [0.4, 0.5) is 0 Å². The highest BCUT2D eigenvalue weighted by Gasteiger charge is 2.31. The number of hydrogen-bond acceptors (Lipinski definition) is 4. The second-order valence-electron chi connectivity index (χ2n) is 5.07. The molecule has 2 heterocycles. The smallest absolute Gasteiger partial charge is 0.0599 e. The van der Waals surface area contributed by atoms with Crippen molar-refractivity contribution in [2.75, 3.05) is 20.2 Å². The lowest BCUT2D eigenvalue weighted by Crippen LogP contribution is -2.49. The number of piperidine rings is 1. The molecular weight excluding hydrogens is 228 g/mol. The Hall–Kier alpha value is -0.910. The van der Waals surface area contributed by atoms with Gasteiger partial charge in [-0.3, -0.25) is 9.58 Å². The first-order chi connectivity index (χ1) is 8.67. The van der Waals surface area contributed by atoms with Gasteiger partial charge in [0.25, 0.3) is 0 Å². The Labute approximate surface area is 109 Å². The maximum atomic E-state index is 5.92. The SMILES string of the molecule is COC1CCN(C(C)c2ccnn2C)C(CN)C1. The van der Waals surface area contributed by atoms with Crippen LogP contribution in [0.25, 0.3) is 0 Å². The summed E-state index contributed by atoms with van der Waals surface area (Å²) < 4.78 is 7.41. The van der Waals surface area contributed by atoms with Crippen LogP contribution in [0.5, 0.6) is 0 Å². The Morgan fingerprint density at radius 1 is 1.61 bits per heavy atom. The Balaban J connectivity index is 2.10. The normalized spacial score (nSPS) is 27.3. The van der Waals surface area contributed by atoms with E-state index in [1.54, 1.807) is 7.11 Å². The van der Waals surface area contributed by atoms with Crippen LogP contribution in [-0.4, -0.2) is 47.0 Å². The standard InChI is InChI=1S/C13H24N4O/c1-10(13-4-6-15-16(13)2)17-7-5-12(18-3)8-11(17)9-14/h4,6,10-12H,5,7-9,14H2,1-3H3. The van der Waals surface area contributed by atoms with Crippen molar-refractivity contribution in [3.63, 3.8) is 0 Å². The second-order valence-corrected chi connectivity index (χ2v) is 5.07. The van der Waals surface area contributed by atoms with E-state index in [9.17, 15) is 0 Å². The van der Waals surface area contributed by atoms with Gasteiger partial charge in [0.05, 0.1) is 11.8 Å². The summed E-state index contributed by atoms with van der Waals surface area (Å²) in [6.45, 7) is 3.95. The number of methoxy groups -OCH3 is 1. The Morgan fingerprint density at radius 2 is 2.39 bits per heavy atom. The first-order valence-corrected chi connectivity index (χ1v) is 6.63. The molecule has 2 N–H and O–H groups in total.